The minimum Gasteiger partial charge on any atom is -0.465 e. The van der Waals surface area contributed by atoms with Crippen LogP contribution in [0.5, 0.6) is 0 Å². The molecule has 1 saturated heterocycles. The van der Waals surface area contributed by atoms with Gasteiger partial charge < -0.3 is 10.1 Å². The van der Waals surface area contributed by atoms with Crippen molar-refractivity contribution < 1.29 is 27.5 Å². The van der Waals surface area contributed by atoms with Crippen molar-refractivity contribution in [3.8, 4) is 0 Å². The highest BCUT2D eigenvalue weighted by atomic mass is 35.5. The summed E-state index contributed by atoms with van der Waals surface area (Å²) < 4.78 is 48.8. The lowest BCUT2D eigenvalue weighted by Gasteiger charge is -2.53. The standard InChI is InChI=1S/C26H25Cl2F3N2O3/c1-2-36-23(35)21-26(16-4-3-5-17(28)20(16)31,11-25(33-21)9-24(10-25,12-29)13-30)19-15-7-6-14(27)8-18(15)32-22(19)34/h3-8,19,21,33H,2,9-13H2,1H3,(H,32,34)/t19?,21-,26-/m0/s1. The molecule has 36 heavy (non-hydrogen) atoms. The van der Waals surface area contributed by atoms with Crippen molar-refractivity contribution >= 4 is 40.8 Å². The maximum absolute atomic E-state index is 15.8. The molecule has 5 rings (SSSR count). The molecular formula is C26H25Cl2F3N2O3. The predicted molar refractivity (Wildman–Crippen MR) is 130 cm³/mol. The molecule has 1 amide bonds. The molecule has 192 valence electrons. The molecule has 2 aromatic rings. The smallest absolute Gasteiger partial charge is 0.324 e. The lowest BCUT2D eigenvalue weighted by Crippen LogP contribution is -2.61. The van der Waals surface area contributed by atoms with Gasteiger partial charge in [0, 0.05) is 27.1 Å². The highest BCUT2D eigenvalue weighted by Gasteiger charge is 2.70. The molecule has 0 aromatic heterocycles. The number of halogens is 5. The molecule has 0 bridgehead atoms. The summed E-state index contributed by atoms with van der Waals surface area (Å²) in [6.45, 7) is -0.0218. The Morgan fingerprint density at radius 2 is 1.86 bits per heavy atom. The fraction of sp³-hybridized carbons (Fsp3) is 0.462. The van der Waals surface area contributed by atoms with Gasteiger partial charge in [-0.1, -0.05) is 41.4 Å². The van der Waals surface area contributed by atoms with Gasteiger partial charge in [-0.3, -0.25) is 23.7 Å². The molecule has 1 spiro atoms. The Kier molecular flexibility index (Phi) is 6.29. The third-order valence-electron chi connectivity index (χ3n) is 7.93. The lowest BCUT2D eigenvalue weighted by molar-refractivity contribution is -0.147. The maximum atomic E-state index is 15.8. The zero-order chi connectivity index (χ0) is 25.9. The average molecular weight is 541 g/mol. The minimum atomic E-state index is -1.50. The van der Waals surface area contributed by atoms with Gasteiger partial charge in [0.15, 0.2) is 0 Å². The molecule has 10 heteroatoms. The number of fused-ring (bicyclic) bond motifs is 1. The number of benzene rings is 2. The summed E-state index contributed by atoms with van der Waals surface area (Å²) in [6, 6.07) is 8.15. The largest absolute Gasteiger partial charge is 0.465 e. The molecule has 1 aliphatic carbocycles. The Morgan fingerprint density at radius 3 is 2.53 bits per heavy atom. The van der Waals surface area contributed by atoms with Crippen LogP contribution in [0.15, 0.2) is 36.4 Å². The number of ether oxygens (including phenoxy) is 1. The summed E-state index contributed by atoms with van der Waals surface area (Å²) in [6.07, 6.45) is 0.256. The van der Waals surface area contributed by atoms with Crippen molar-refractivity contribution in [2.24, 2.45) is 5.41 Å². The molecule has 1 unspecified atom stereocenters. The van der Waals surface area contributed by atoms with E-state index >= 15 is 4.39 Å². The van der Waals surface area contributed by atoms with Gasteiger partial charge in [0.1, 0.15) is 11.9 Å². The van der Waals surface area contributed by atoms with E-state index in [9.17, 15) is 18.4 Å². The first-order chi connectivity index (χ1) is 17.1. The molecule has 0 radical (unpaired) electrons. The van der Waals surface area contributed by atoms with Crippen LogP contribution in [0.25, 0.3) is 0 Å². The zero-order valence-electron chi connectivity index (χ0n) is 19.5. The maximum Gasteiger partial charge on any atom is 0.324 e. The number of nitrogens with one attached hydrogen (secondary N) is 2. The van der Waals surface area contributed by atoms with E-state index in [1.807, 2.05) is 0 Å². The molecule has 2 aromatic carbocycles. The Balaban J connectivity index is 1.75. The summed E-state index contributed by atoms with van der Waals surface area (Å²) in [5, 5.41) is 6.30. The second-order valence-corrected chi connectivity index (χ2v) is 11.0. The van der Waals surface area contributed by atoms with Crippen LogP contribution in [-0.4, -0.2) is 43.4 Å². The van der Waals surface area contributed by atoms with Gasteiger partial charge in [-0.2, -0.15) is 0 Å². The van der Waals surface area contributed by atoms with Crippen LogP contribution < -0.4 is 10.6 Å². The zero-order valence-corrected chi connectivity index (χ0v) is 21.0. The van der Waals surface area contributed by atoms with Gasteiger partial charge in [0.2, 0.25) is 5.91 Å². The van der Waals surface area contributed by atoms with Crippen LogP contribution in [-0.2, 0) is 19.7 Å². The molecule has 2 N–H and O–H groups in total. The van der Waals surface area contributed by atoms with Gasteiger partial charge in [0.25, 0.3) is 0 Å². The molecule has 5 nitrogen and oxygen atoms in total. The summed E-state index contributed by atoms with van der Waals surface area (Å²) in [7, 11) is 0. The van der Waals surface area contributed by atoms with Gasteiger partial charge >= 0.3 is 5.97 Å². The highest BCUT2D eigenvalue weighted by Crippen LogP contribution is 2.63. The SMILES string of the molecule is CCOC(=O)[C@@H]1NC2(CC(CF)(CF)C2)C[C@]1(c1cccc(Cl)c1F)C1C(=O)Nc2cc(Cl)ccc21. The fourth-order valence-electron chi connectivity index (χ4n) is 6.76. The second-order valence-electron chi connectivity index (χ2n) is 10.2. The first kappa shape index (κ1) is 25.4. The first-order valence-corrected chi connectivity index (χ1v) is 12.5. The van der Waals surface area contributed by atoms with E-state index in [4.69, 9.17) is 27.9 Å². The summed E-state index contributed by atoms with van der Waals surface area (Å²) in [5.41, 5.74) is -2.52. The van der Waals surface area contributed by atoms with E-state index in [1.165, 1.54) is 12.1 Å². The van der Waals surface area contributed by atoms with E-state index in [0.29, 0.717) is 16.3 Å². The van der Waals surface area contributed by atoms with E-state index in [1.54, 1.807) is 31.2 Å². The Labute approximate surface area is 216 Å². The monoisotopic (exact) mass is 540 g/mol. The van der Waals surface area contributed by atoms with Gasteiger partial charge in [-0.05, 0) is 55.5 Å². The van der Waals surface area contributed by atoms with Crippen molar-refractivity contribution in [1.29, 1.82) is 0 Å². The summed E-state index contributed by atoms with van der Waals surface area (Å²) in [4.78, 5) is 27.0. The quantitative estimate of drug-likeness (QED) is 0.475. The minimum absolute atomic E-state index is 0.0556. The molecule has 1 saturated carbocycles. The van der Waals surface area contributed by atoms with Crippen molar-refractivity contribution in [3.05, 3.63) is 63.4 Å². The van der Waals surface area contributed by atoms with Crippen molar-refractivity contribution in [3.63, 3.8) is 0 Å². The van der Waals surface area contributed by atoms with Gasteiger partial charge in [-0.25, -0.2) is 4.39 Å². The number of hydrogen-bond acceptors (Lipinski definition) is 4. The van der Waals surface area contributed by atoms with Crippen LogP contribution in [0, 0.1) is 11.2 Å². The normalized spacial score (nSPS) is 27.4. The van der Waals surface area contributed by atoms with Crippen LogP contribution >= 0.6 is 23.2 Å². The number of esters is 1. The summed E-state index contributed by atoms with van der Waals surface area (Å²) in [5.74, 6) is -2.91. The Morgan fingerprint density at radius 1 is 1.14 bits per heavy atom. The molecule has 2 heterocycles. The van der Waals surface area contributed by atoms with Crippen LogP contribution in [0.2, 0.25) is 10.0 Å². The lowest BCUT2D eigenvalue weighted by atomic mass is 9.53. The molecular weight excluding hydrogens is 516 g/mol. The number of alkyl halides is 2. The van der Waals surface area contributed by atoms with Crippen LogP contribution in [0.1, 0.15) is 43.2 Å². The number of hydrogen-bond donors (Lipinski definition) is 2. The predicted octanol–water partition coefficient (Wildman–Crippen LogP) is 5.49. The van der Waals surface area contributed by atoms with E-state index < -0.39 is 59.4 Å². The third-order valence-corrected chi connectivity index (χ3v) is 8.45. The van der Waals surface area contributed by atoms with Crippen molar-refractivity contribution in [1.82, 2.24) is 5.32 Å². The van der Waals surface area contributed by atoms with Crippen LogP contribution in [0.4, 0.5) is 18.9 Å². The Bertz CT molecular complexity index is 1230. The van der Waals surface area contributed by atoms with E-state index in [2.05, 4.69) is 10.6 Å². The molecule has 3 aliphatic rings. The third kappa shape index (κ3) is 3.63. The van der Waals surface area contributed by atoms with Gasteiger partial charge in [0.05, 0.1) is 30.9 Å². The number of carbonyl (C=O) groups excluding carboxylic acids is 2. The van der Waals surface area contributed by atoms with Crippen molar-refractivity contribution in [2.45, 2.75) is 49.1 Å². The number of carbonyl (C=O) groups is 2. The Hall–Kier alpha value is -2.29. The molecule has 2 aliphatic heterocycles. The van der Waals surface area contributed by atoms with E-state index in [0.717, 1.165) is 0 Å². The summed E-state index contributed by atoms with van der Waals surface area (Å²) >= 11 is 12.3. The van der Waals surface area contributed by atoms with Crippen molar-refractivity contribution in [2.75, 3.05) is 25.3 Å². The van der Waals surface area contributed by atoms with E-state index in [-0.39, 0.29) is 36.5 Å². The fourth-order valence-corrected chi connectivity index (χ4v) is 7.11. The second kappa shape index (κ2) is 8.92. The molecule has 2 fully saturated rings. The topological polar surface area (TPSA) is 67.4 Å². The van der Waals surface area contributed by atoms with Gasteiger partial charge in [-0.15, -0.1) is 0 Å². The number of anilines is 1. The number of amides is 1. The average Bonchev–Trinajstić information content (AvgIpc) is 3.34. The molecule has 3 atom stereocenters. The number of rotatable bonds is 6. The first-order valence-electron chi connectivity index (χ1n) is 11.8. The van der Waals surface area contributed by atoms with Crippen LogP contribution in [0.3, 0.4) is 0 Å². The highest BCUT2D eigenvalue weighted by molar-refractivity contribution is 6.31.